The Kier molecular flexibility index (Phi) is 11.5. The van der Waals surface area contributed by atoms with Gasteiger partial charge in [-0.15, -0.1) is 10.2 Å². The largest absolute Gasteiger partial charge is 0.379 e. The van der Waals surface area contributed by atoms with E-state index in [4.69, 9.17) is 9.47 Å². The molecule has 34 heavy (non-hydrogen) atoms. The van der Waals surface area contributed by atoms with Gasteiger partial charge in [0, 0.05) is 44.4 Å². The molecule has 0 saturated heterocycles. The van der Waals surface area contributed by atoms with Gasteiger partial charge in [0.05, 0.1) is 39.4 Å². The maximum Gasteiger partial charge on any atom is 0.271 e. The minimum absolute atomic E-state index is 0.0810. The van der Waals surface area contributed by atoms with Crippen LogP contribution in [0.2, 0.25) is 0 Å². The molecule has 10 nitrogen and oxygen atoms in total. The third kappa shape index (κ3) is 8.42. The maximum atomic E-state index is 11.8. The Labute approximate surface area is 215 Å². The van der Waals surface area contributed by atoms with Crippen LogP contribution in [0.15, 0.2) is 49.5 Å². The zero-order chi connectivity index (χ0) is 25.1. The van der Waals surface area contributed by atoms with E-state index in [1.54, 1.807) is 6.07 Å². The number of nitrogens with zero attached hydrogens (tertiary/aromatic N) is 4. The summed E-state index contributed by atoms with van der Waals surface area (Å²) in [5.74, 6) is -0.242. The Balaban J connectivity index is 2.24. The van der Waals surface area contributed by atoms with Gasteiger partial charge in [-0.25, -0.2) is 0 Å². The molecule has 0 aliphatic heterocycles. The minimum Gasteiger partial charge on any atom is -0.379 e. The lowest BCUT2D eigenvalue weighted by atomic mass is 10.2. The lowest BCUT2D eigenvalue weighted by molar-refractivity contribution is -0.385. The number of carbonyl (C=O) groups excluding carboxylic acids is 1. The average Bonchev–Trinajstić information content (AvgIpc) is 2.78. The highest BCUT2D eigenvalue weighted by Gasteiger charge is 2.15. The van der Waals surface area contributed by atoms with Crippen molar-refractivity contribution in [1.29, 1.82) is 0 Å². The number of hydrogen-bond donors (Lipinski definition) is 1. The predicted molar refractivity (Wildman–Crippen MR) is 139 cm³/mol. The van der Waals surface area contributed by atoms with Gasteiger partial charge in [0.1, 0.15) is 11.4 Å². The van der Waals surface area contributed by atoms with Gasteiger partial charge in [0.2, 0.25) is 5.91 Å². The molecule has 0 unspecified atom stereocenters. The molecule has 2 aromatic rings. The molecule has 0 aliphatic carbocycles. The first kappa shape index (κ1) is 27.8. The van der Waals surface area contributed by atoms with Gasteiger partial charge >= 0.3 is 0 Å². The number of hydrogen-bond acceptors (Lipinski definition) is 8. The second-order valence-corrected chi connectivity index (χ2v) is 8.70. The maximum absolute atomic E-state index is 11.8. The number of non-ortho nitro benzene ring substituents is 1. The van der Waals surface area contributed by atoms with Gasteiger partial charge in [-0.05, 0) is 63.9 Å². The van der Waals surface area contributed by atoms with Crippen molar-refractivity contribution < 1.29 is 19.2 Å². The van der Waals surface area contributed by atoms with Gasteiger partial charge in [0.25, 0.3) is 5.69 Å². The molecule has 2 aromatic carbocycles. The molecule has 1 amide bonds. The number of amides is 1. The number of benzene rings is 2. The number of likely N-dealkylation sites (N-methyl/N-ethyl adjacent to an activating group) is 1. The standard InChI is InChI=1S/C22H27Br2N5O5/c1-4-28(8-9-34-11-10-33-5-2)16-6-7-20(21(14-16)25-15(3)30)26-27-22-18(23)12-17(29(31)32)13-19(22)24/h6-7,12-14H,4-5,8-11H2,1-3H3,(H,25,30). The molecule has 0 aromatic heterocycles. The van der Waals surface area contributed by atoms with Crippen molar-refractivity contribution in [1.82, 2.24) is 0 Å². The Hall–Kier alpha value is -2.41. The van der Waals surface area contributed by atoms with Crippen LogP contribution in [0.4, 0.5) is 28.4 Å². The fraction of sp³-hybridized carbons (Fsp3) is 0.409. The number of nitrogens with one attached hydrogen (secondary N) is 1. The summed E-state index contributed by atoms with van der Waals surface area (Å²) in [5, 5.41) is 22.3. The number of carbonyl (C=O) groups is 1. The second-order valence-electron chi connectivity index (χ2n) is 6.99. The number of nitro benzene ring substituents is 1. The van der Waals surface area contributed by atoms with Crippen LogP contribution in [0.5, 0.6) is 0 Å². The number of ether oxygens (including phenoxy) is 2. The van der Waals surface area contributed by atoms with E-state index in [9.17, 15) is 14.9 Å². The molecule has 2 rings (SSSR count). The van der Waals surface area contributed by atoms with Crippen LogP contribution < -0.4 is 10.2 Å². The van der Waals surface area contributed by atoms with E-state index in [2.05, 4.69) is 52.3 Å². The summed E-state index contributed by atoms with van der Waals surface area (Å²) >= 11 is 6.60. The van der Waals surface area contributed by atoms with Crippen LogP contribution in [-0.2, 0) is 14.3 Å². The molecular weight excluding hydrogens is 574 g/mol. The van der Waals surface area contributed by atoms with Crippen LogP contribution in [-0.4, -0.2) is 50.3 Å². The summed E-state index contributed by atoms with van der Waals surface area (Å²) in [4.78, 5) is 24.5. The normalized spacial score (nSPS) is 11.1. The molecule has 184 valence electrons. The number of azo groups is 1. The van der Waals surface area contributed by atoms with Crippen LogP contribution in [0.1, 0.15) is 20.8 Å². The highest BCUT2D eigenvalue weighted by Crippen LogP contribution is 2.39. The van der Waals surface area contributed by atoms with E-state index in [0.717, 1.165) is 12.2 Å². The molecule has 0 bridgehead atoms. The molecule has 12 heteroatoms. The van der Waals surface area contributed by atoms with Crippen molar-refractivity contribution in [3.8, 4) is 0 Å². The monoisotopic (exact) mass is 599 g/mol. The number of nitro groups is 1. The topological polar surface area (TPSA) is 119 Å². The molecule has 0 aliphatic rings. The lowest BCUT2D eigenvalue weighted by Crippen LogP contribution is -2.27. The number of anilines is 2. The van der Waals surface area contributed by atoms with Crippen LogP contribution in [0.25, 0.3) is 0 Å². The molecule has 0 saturated carbocycles. The first-order valence-electron chi connectivity index (χ1n) is 10.6. The SMILES string of the molecule is CCOCCOCCN(CC)c1ccc(N=Nc2c(Br)cc([N+](=O)[O-])cc2Br)c(NC(C)=O)c1. The van der Waals surface area contributed by atoms with E-state index in [-0.39, 0.29) is 11.6 Å². The van der Waals surface area contributed by atoms with Crippen LogP contribution in [0.3, 0.4) is 0 Å². The van der Waals surface area contributed by atoms with Gasteiger partial charge in [-0.2, -0.15) is 0 Å². The van der Waals surface area contributed by atoms with Crippen molar-refractivity contribution in [2.45, 2.75) is 20.8 Å². The van der Waals surface area contributed by atoms with Crippen molar-refractivity contribution in [2.75, 3.05) is 49.7 Å². The fourth-order valence-electron chi connectivity index (χ4n) is 2.96. The summed E-state index contributed by atoms with van der Waals surface area (Å²) in [5.41, 5.74) is 2.15. The van der Waals surface area contributed by atoms with Gasteiger partial charge in [-0.1, -0.05) is 0 Å². The van der Waals surface area contributed by atoms with E-state index in [1.165, 1.54) is 19.1 Å². The smallest absolute Gasteiger partial charge is 0.271 e. The van der Waals surface area contributed by atoms with Crippen molar-refractivity contribution >= 4 is 66.2 Å². The molecule has 1 N–H and O–H groups in total. The summed E-state index contributed by atoms with van der Waals surface area (Å²) in [6.07, 6.45) is 0. The zero-order valence-corrected chi connectivity index (χ0v) is 22.4. The fourth-order valence-corrected chi connectivity index (χ4v) is 4.28. The molecule has 0 heterocycles. The van der Waals surface area contributed by atoms with Gasteiger partial charge < -0.3 is 19.7 Å². The minimum atomic E-state index is -0.493. The first-order valence-corrected chi connectivity index (χ1v) is 12.2. The first-order chi connectivity index (χ1) is 16.3. The molecule has 0 radical (unpaired) electrons. The highest BCUT2D eigenvalue weighted by molar-refractivity contribution is 9.11. The molecule has 0 atom stereocenters. The third-order valence-corrected chi connectivity index (χ3v) is 5.80. The van der Waals surface area contributed by atoms with E-state index < -0.39 is 4.92 Å². The molecule has 0 fully saturated rings. The summed E-state index contributed by atoms with van der Waals surface area (Å²) in [6.45, 7) is 9.13. The highest BCUT2D eigenvalue weighted by atomic mass is 79.9. The zero-order valence-electron chi connectivity index (χ0n) is 19.2. The Morgan fingerprint density at radius 3 is 2.35 bits per heavy atom. The van der Waals surface area contributed by atoms with Gasteiger partial charge in [0.15, 0.2) is 0 Å². The summed E-state index contributed by atoms with van der Waals surface area (Å²) < 4.78 is 11.7. The van der Waals surface area contributed by atoms with Crippen molar-refractivity contribution in [3.05, 3.63) is 49.4 Å². The quantitative estimate of drug-likeness (QED) is 0.123. The lowest BCUT2D eigenvalue weighted by Gasteiger charge is -2.24. The van der Waals surface area contributed by atoms with E-state index >= 15 is 0 Å². The van der Waals surface area contributed by atoms with Crippen LogP contribution in [0, 0.1) is 10.1 Å². The second kappa shape index (κ2) is 14.1. The molecule has 0 spiro atoms. The number of halogens is 2. The Morgan fingerprint density at radius 1 is 1.09 bits per heavy atom. The van der Waals surface area contributed by atoms with E-state index in [1.807, 2.05) is 26.0 Å². The summed E-state index contributed by atoms with van der Waals surface area (Å²) in [6, 6.07) is 8.19. The summed E-state index contributed by atoms with van der Waals surface area (Å²) in [7, 11) is 0. The Morgan fingerprint density at radius 2 is 1.76 bits per heavy atom. The van der Waals surface area contributed by atoms with E-state index in [0.29, 0.717) is 59.0 Å². The molecular formula is C22H27Br2N5O5. The van der Waals surface area contributed by atoms with Crippen molar-refractivity contribution in [2.24, 2.45) is 10.2 Å². The third-order valence-electron chi connectivity index (χ3n) is 4.59. The van der Waals surface area contributed by atoms with Crippen LogP contribution >= 0.6 is 31.9 Å². The van der Waals surface area contributed by atoms with Crippen molar-refractivity contribution in [3.63, 3.8) is 0 Å². The predicted octanol–water partition coefficient (Wildman–Crippen LogP) is 6.37. The Bertz CT molecular complexity index is 1010. The number of rotatable bonds is 13. The van der Waals surface area contributed by atoms with Gasteiger partial charge in [-0.3, -0.25) is 14.9 Å². The average molecular weight is 601 g/mol.